The zero-order chi connectivity index (χ0) is 20.4. The standard InChI is InChI=1S/C18H39NO7S/c1-4-10-23-12-14-25-16-17-26-15-13-24-11-9-19(5-2,6-3)8-7-18-27(20,21)22/h4-18H2,1-3H3/p+1. The molecule has 0 aromatic heterocycles. The minimum absolute atomic E-state index is 0.186. The van der Waals surface area contributed by atoms with Gasteiger partial charge in [0.15, 0.2) is 0 Å². The first-order valence-corrected chi connectivity index (χ1v) is 11.6. The fraction of sp³-hybridized carbons (Fsp3) is 1.00. The van der Waals surface area contributed by atoms with Crippen molar-refractivity contribution in [2.45, 2.75) is 33.6 Å². The van der Waals surface area contributed by atoms with Gasteiger partial charge in [-0.1, -0.05) is 6.92 Å². The Morgan fingerprint density at radius 1 is 0.704 bits per heavy atom. The van der Waals surface area contributed by atoms with E-state index in [-0.39, 0.29) is 5.75 Å². The highest BCUT2D eigenvalue weighted by atomic mass is 32.2. The van der Waals surface area contributed by atoms with E-state index in [1.54, 1.807) is 0 Å². The minimum atomic E-state index is -3.89. The van der Waals surface area contributed by atoms with Crippen molar-refractivity contribution < 1.29 is 36.4 Å². The molecule has 0 aliphatic carbocycles. The van der Waals surface area contributed by atoms with Gasteiger partial charge in [0.25, 0.3) is 10.1 Å². The van der Waals surface area contributed by atoms with Crippen molar-refractivity contribution >= 4 is 10.1 Å². The lowest BCUT2D eigenvalue weighted by Gasteiger charge is -2.36. The second kappa shape index (κ2) is 16.6. The van der Waals surface area contributed by atoms with Crippen LogP contribution in [0.1, 0.15) is 33.6 Å². The first-order chi connectivity index (χ1) is 12.9. The van der Waals surface area contributed by atoms with E-state index < -0.39 is 10.1 Å². The largest absolute Gasteiger partial charge is 0.379 e. The van der Waals surface area contributed by atoms with E-state index in [1.807, 2.05) is 0 Å². The zero-order valence-corrected chi connectivity index (χ0v) is 18.2. The van der Waals surface area contributed by atoms with Crippen LogP contribution >= 0.6 is 0 Å². The Labute approximate surface area is 165 Å². The molecule has 0 heterocycles. The van der Waals surface area contributed by atoms with Gasteiger partial charge >= 0.3 is 0 Å². The quantitative estimate of drug-likeness (QED) is 0.184. The van der Waals surface area contributed by atoms with Crippen LogP contribution in [-0.2, 0) is 29.1 Å². The van der Waals surface area contributed by atoms with E-state index >= 15 is 0 Å². The Morgan fingerprint density at radius 3 is 1.56 bits per heavy atom. The summed E-state index contributed by atoms with van der Waals surface area (Å²) in [5.41, 5.74) is 0. The number of rotatable bonds is 20. The Hall–Kier alpha value is -0.290. The lowest BCUT2D eigenvalue weighted by molar-refractivity contribution is -0.925. The van der Waals surface area contributed by atoms with E-state index in [0.717, 1.165) is 37.1 Å². The minimum Gasteiger partial charge on any atom is -0.379 e. The number of nitrogens with zero attached hydrogens (tertiary/aromatic N) is 1. The van der Waals surface area contributed by atoms with Gasteiger partial charge in [0.05, 0.1) is 71.6 Å². The predicted molar refractivity (Wildman–Crippen MR) is 106 cm³/mol. The van der Waals surface area contributed by atoms with Crippen LogP contribution in [-0.4, -0.2) is 102 Å². The summed E-state index contributed by atoms with van der Waals surface area (Å²) in [6.45, 7) is 14.3. The zero-order valence-electron chi connectivity index (χ0n) is 17.4. The van der Waals surface area contributed by atoms with E-state index in [4.69, 9.17) is 23.5 Å². The van der Waals surface area contributed by atoms with Crippen molar-refractivity contribution in [1.82, 2.24) is 0 Å². The molecule has 0 fully saturated rings. The van der Waals surface area contributed by atoms with Gasteiger partial charge in [0.1, 0.15) is 6.54 Å². The van der Waals surface area contributed by atoms with E-state index in [2.05, 4.69) is 20.8 Å². The summed E-state index contributed by atoms with van der Waals surface area (Å²) in [6.07, 6.45) is 1.47. The third-order valence-electron chi connectivity index (χ3n) is 4.55. The van der Waals surface area contributed by atoms with Crippen molar-refractivity contribution in [2.24, 2.45) is 0 Å². The Morgan fingerprint density at radius 2 is 1.15 bits per heavy atom. The third kappa shape index (κ3) is 16.4. The maximum absolute atomic E-state index is 10.9. The van der Waals surface area contributed by atoms with E-state index in [9.17, 15) is 8.42 Å². The van der Waals surface area contributed by atoms with E-state index in [1.165, 1.54) is 0 Å². The lowest BCUT2D eigenvalue weighted by atomic mass is 10.3. The summed E-state index contributed by atoms with van der Waals surface area (Å²) in [4.78, 5) is 0. The van der Waals surface area contributed by atoms with Crippen LogP contribution in [0.4, 0.5) is 0 Å². The van der Waals surface area contributed by atoms with Crippen LogP contribution in [0.3, 0.4) is 0 Å². The summed E-state index contributed by atoms with van der Waals surface area (Å²) < 4.78 is 53.2. The molecule has 0 saturated carbocycles. The van der Waals surface area contributed by atoms with Crippen molar-refractivity contribution in [1.29, 1.82) is 0 Å². The Balaban J connectivity index is 3.66. The molecule has 0 aromatic rings. The molecule has 27 heavy (non-hydrogen) atoms. The molecule has 0 aromatic carbocycles. The molecule has 0 bridgehead atoms. The maximum Gasteiger partial charge on any atom is 0.265 e. The molecule has 0 saturated heterocycles. The van der Waals surface area contributed by atoms with Gasteiger partial charge in [-0.15, -0.1) is 0 Å². The van der Waals surface area contributed by atoms with Gasteiger partial charge in [-0.3, -0.25) is 4.55 Å². The molecule has 0 amide bonds. The predicted octanol–water partition coefficient (Wildman–Crippen LogP) is 1.60. The van der Waals surface area contributed by atoms with Crippen molar-refractivity contribution in [3.8, 4) is 0 Å². The van der Waals surface area contributed by atoms with Crippen LogP contribution < -0.4 is 0 Å². The van der Waals surface area contributed by atoms with Gasteiger partial charge < -0.3 is 23.4 Å². The van der Waals surface area contributed by atoms with Crippen molar-refractivity contribution in [3.05, 3.63) is 0 Å². The van der Waals surface area contributed by atoms with Crippen LogP contribution in [0.5, 0.6) is 0 Å². The molecule has 0 radical (unpaired) electrons. The highest BCUT2D eigenvalue weighted by Crippen LogP contribution is 2.08. The number of quaternary nitrogens is 1. The smallest absolute Gasteiger partial charge is 0.265 e. The van der Waals surface area contributed by atoms with Crippen molar-refractivity contribution in [2.75, 3.05) is 84.8 Å². The van der Waals surface area contributed by atoms with Gasteiger partial charge in [-0.2, -0.15) is 8.42 Å². The second-order valence-electron chi connectivity index (χ2n) is 6.51. The fourth-order valence-electron chi connectivity index (χ4n) is 2.71. The van der Waals surface area contributed by atoms with Gasteiger partial charge in [-0.05, 0) is 20.3 Å². The molecule has 8 nitrogen and oxygen atoms in total. The molecule has 164 valence electrons. The third-order valence-corrected chi connectivity index (χ3v) is 5.36. The van der Waals surface area contributed by atoms with Crippen molar-refractivity contribution in [3.63, 3.8) is 0 Å². The molecule has 0 aliphatic rings. The highest BCUT2D eigenvalue weighted by molar-refractivity contribution is 7.85. The number of ether oxygens (including phenoxy) is 4. The monoisotopic (exact) mass is 414 g/mol. The number of likely N-dealkylation sites (N-methyl/N-ethyl adjacent to an activating group) is 1. The molecule has 0 rings (SSSR count). The average molecular weight is 415 g/mol. The molecule has 1 N–H and O–H groups in total. The summed E-state index contributed by atoms with van der Waals surface area (Å²) in [6, 6.07) is 0. The highest BCUT2D eigenvalue weighted by Gasteiger charge is 2.23. The molecule has 0 atom stereocenters. The Kier molecular flexibility index (Phi) is 16.5. The summed E-state index contributed by atoms with van der Waals surface area (Å²) in [7, 11) is -3.89. The van der Waals surface area contributed by atoms with Crippen LogP contribution in [0.15, 0.2) is 0 Å². The first-order valence-electron chi connectivity index (χ1n) is 10.0. The molecule has 0 unspecified atom stereocenters. The van der Waals surface area contributed by atoms with E-state index in [0.29, 0.717) is 59.2 Å². The van der Waals surface area contributed by atoms with Crippen LogP contribution in [0.2, 0.25) is 0 Å². The SMILES string of the molecule is CCCOCCOCCOCCOCC[N+](CC)(CC)CCCS(=O)(=O)O. The van der Waals surface area contributed by atoms with Crippen LogP contribution in [0, 0.1) is 0 Å². The van der Waals surface area contributed by atoms with Gasteiger partial charge in [0.2, 0.25) is 0 Å². The Bertz CT molecular complexity index is 427. The molecular weight excluding hydrogens is 374 g/mol. The summed E-state index contributed by atoms with van der Waals surface area (Å²) in [5.74, 6) is -0.186. The number of hydrogen-bond donors (Lipinski definition) is 1. The van der Waals surface area contributed by atoms with Gasteiger partial charge in [-0.25, -0.2) is 0 Å². The second-order valence-corrected chi connectivity index (χ2v) is 8.08. The summed E-state index contributed by atoms with van der Waals surface area (Å²) in [5, 5.41) is 0. The first kappa shape index (κ1) is 26.7. The van der Waals surface area contributed by atoms with Gasteiger partial charge in [0, 0.05) is 13.0 Å². The normalized spacial score (nSPS) is 12.6. The number of hydrogen-bond acceptors (Lipinski definition) is 6. The topological polar surface area (TPSA) is 91.3 Å². The molecule has 0 aliphatic heterocycles. The fourth-order valence-corrected chi connectivity index (χ4v) is 3.21. The summed E-state index contributed by atoms with van der Waals surface area (Å²) >= 11 is 0. The molecular formula is C18H40NO7S+. The maximum atomic E-state index is 10.9. The lowest BCUT2D eigenvalue weighted by Crippen LogP contribution is -2.50. The average Bonchev–Trinajstić information content (AvgIpc) is 2.63. The van der Waals surface area contributed by atoms with Crippen LogP contribution in [0.25, 0.3) is 0 Å². The molecule has 9 heteroatoms. The molecule has 0 spiro atoms.